The van der Waals surface area contributed by atoms with Gasteiger partial charge in [0.1, 0.15) is 5.82 Å². The van der Waals surface area contributed by atoms with Gasteiger partial charge in [-0.2, -0.15) is 0 Å². The molecule has 0 N–H and O–H groups in total. The van der Waals surface area contributed by atoms with E-state index >= 15 is 0 Å². The molecule has 1 saturated heterocycles. The highest BCUT2D eigenvalue weighted by molar-refractivity contribution is 5.32. The molecule has 0 spiro atoms. The molecule has 0 unspecified atom stereocenters. The summed E-state index contributed by atoms with van der Waals surface area (Å²) in [5.74, 6) is 1.88. The molecule has 1 fully saturated rings. The number of rotatable bonds is 6. The molecule has 1 aliphatic rings. The molecule has 0 amide bonds. The first-order valence-electron chi connectivity index (χ1n) is 8.61. The minimum Gasteiger partial charge on any atom is -0.335 e. The summed E-state index contributed by atoms with van der Waals surface area (Å²) in [5.41, 5.74) is 1.30. The maximum Gasteiger partial charge on any atom is 0.269 e. The van der Waals surface area contributed by atoms with Crippen LogP contribution in [0.3, 0.4) is 0 Å². The SMILES string of the molecule is CCc1nccn1CC1CCN(Cc2ccc([N+](=O)[O-])cc2)CC1. The van der Waals surface area contributed by atoms with Crippen LogP contribution in [0.1, 0.15) is 31.2 Å². The quantitative estimate of drug-likeness (QED) is 0.603. The zero-order valence-electron chi connectivity index (χ0n) is 14.1. The molecular weight excluding hydrogens is 304 g/mol. The largest absolute Gasteiger partial charge is 0.335 e. The van der Waals surface area contributed by atoms with E-state index in [1.165, 1.54) is 18.7 Å². The number of likely N-dealkylation sites (tertiary alicyclic amines) is 1. The minimum absolute atomic E-state index is 0.157. The van der Waals surface area contributed by atoms with Gasteiger partial charge in [0.25, 0.3) is 5.69 Å². The van der Waals surface area contributed by atoms with Crippen LogP contribution < -0.4 is 0 Å². The van der Waals surface area contributed by atoms with Crippen LogP contribution in [0.5, 0.6) is 0 Å². The summed E-state index contributed by atoms with van der Waals surface area (Å²) < 4.78 is 2.29. The number of piperidine rings is 1. The first-order chi connectivity index (χ1) is 11.7. The third-order valence-electron chi connectivity index (χ3n) is 4.83. The zero-order chi connectivity index (χ0) is 16.9. The van der Waals surface area contributed by atoms with E-state index in [1.54, 1.807) is 12.1 Å². The monoisotopic (exact) mass is 328 g/mol. The van der Waals surface area contributed by atoms with Crippen LogP contribution >= 0.6 is 0 Å². The second-order valence-corrected chi connectivity index (χ2v) is 6.49. The Morgan fingerprint density at radius 2 is 1.96 bits per heavy atom. The summed E-state index contributed by atoms with van der Waals surface area (Å²) in [5, 5.41) is 10.7. The van der Waals surface area contributed by atoms with Gasteiger partial charge in [0.05, 0.1) is 4.92 Å². The molecule has 0 aliphatic carbocycles. The van der Waals surface area contributed by atoms with Crippen molar-refractivity contribution in [3.63, 3.8) is 0 Å². The van der Waals surface area contributed by atoms with E-state index in [0.717, 1.165) is 38.2 Å². The van der Waals surface area contributed by atoms with Gasteiger partial charge in [0, 0.05) is 44.0 Å². The van der Waals surface area contributed by atoms with E-state index in [1.807, 2.05) is 18.3 Å². The van der Waals surface area contributed by atoms with E-state index in [-0.39, 0.29) is 10.6 Å². The van der Waals surface area contributed by atoms with E-state index < -0.39 is 0 Å². The Bertz CT molecular complexity index is 673. The van der Waals surface area contributed by atoms with Gasteiger partial charge in [-0.25, -0.2) is 4.98 Å². The molecule has 24 heavy (non-hydrogen) atoms. The molecule has 6 heteroatoms. The Balaban J connectivity index is 1.49. The van der Waals surface area contributed by atoms with Crippen molar-refractivity contribution in [1.82, 2.24) is 14.5 Å². The molecule has 0 saturated carbocycles. The predicted molar refractivity (Wildman–Crippen MR) is 92.7 cm³/mol. The molecule has 0 bridgehead atoms. The van der Waals surface area contributed by atoms with Crippen LogP contribution in [0.2, 0.25) is 0 Å². The van der Waals surface area contributed by atoms with Gasteiger partial charge in [-0.1, -0.05) is 19.1 Å². The van der Waals surface area contributed by atoms with Gasteiger partial charge in [0.15, 0.2) is 0 Å². The van der Waals surface area contributed by atoms with Gasteiger partial charge >= 0.3 is 0 Å². The summed E-state index contributed by atoms with van der Waals surface area (Å²) >= 11 is 0. The molecule has 3 rings (SSSR count). The Labute approximate surface area is 142 Å². The number of nitrogens with zero attached hydrogens (tertiary/aromatic N) is 4. The average molecular weight is 328 g/mol. The summed E-state index contributed by atoms with van der Waals surface area (Å²) in [7, 11) is 0. The summed E-state index contributed by atoms with van der Waals surface area (Å²) in [4.78, 5) is 17.2. The number of hydrogen-bond acceptors (Lipinski definition) is 4. The third kappa shape index (κ3) is 4.00. The zero-order valence-corrected chi connectivity index (χ0v) is 14.1. The van der Waals surface area contributed by atoms with Gasteiger partial charge in [-0.05, 0) is 37.4 Å². The van der Waals surface area contributed by atoms with E-state index in [2.05, 4.69) is 27.6 Å². The van der Waals surface area contributed by atoms with Gasteiger partial charge in [-0.15, -0.1) is 0 Å². The second kappa shape index (κ2) is 7.57. The van der Waals surface area contributed by atoms with Gasteiger partial charge < -0.3 is 4.57 Å². The molecule has 2 heterocycles. The van der Waals surface area contributed by atoms with Crippen LogP contribution in [0.15, 0.2) is 36.7 Å². The molecule has 0 radical (unpaired) electrons. The molecule has 0 atom stereocenters. The Morgan fingerprint density at radius 1 is 1.25 bits per heavy atom. The number of non-ortho nitro benzene ring substituents is 1. The summed E-state index contributed by atoms with van der Waals surface area (Å²) in [6.07, 6.45) is 7.33. The molecule has 2 aromatic rings. The Morgan fingerprint density at radius 3 is 2.58 bits per heavy atom. The Hall–Kier alpha value is -2.21. The number of hydrogen-bond donors (Lipinski definition) is 0. The van der Waals surface area contributed by atoms with Crippen molar-refractivity contribution in [3.05, 3.63) is 58.2 Å². The summed E-state index contributed by atoms with van der Waals surface area (Å²) in [6, 6.07) is 6.91. The van der Waals surface area contributed by atoms with E-state index in [9.17, 15) is 10.1 Å². The number of benzene rings is 1. The second-order valence-electron chi connectivity index (χ2n) is 6.49. The van der Waals surface area contributed by atoms with Crippen molar-refractivity contribution in [2.45, 2.75) is 39.3 Å². The first-order valence-corrected chi connectivity index (χ1v) is 8.61. The number of imidazole rings is 1. The normalized spacial score (nSPS) is 16.4. The van der Waals surface area contributed by atoms with Crippen LogP contribution in [-0.4, -0.2) is 32.5 Å². The van der Waals surface area contributed by atoms with Gasteiger partial charge in [0.2, 0.25) is 0 Å². The number of nitro groups is 1. The predicted octanol–water partition coefficient (Wildman–Crippen LogP) is 3.27. The van der Waals surface area contributed by atoms with Gasteiger partial charge in [-0.3, -0.25) is 15.0 Å². The number of nitro benzene ring substituents is 1. The van der Waals surface area contributed by atoms with Crippen molar-refractivity contribution >= 4 is 5.69 Å². The fourth-order valence-electron chi connectivity index (χ4n) is 3.41. The maximum absolute atomic E-state index is 10.7. The van der Waals surface area contributed by atoms with Crippen molar-refractivity contribution in [3.8, 4) is 0 Å². The fraction of sp³-hybridized carbons (Fsp3) is 0.500. The first kappa shape index (κ1) is 16.6. The number of aromatic nitrogens is 2. The Kier molecular flexibility index (Phi) is 5.25. The summed E-state index contributed by atoms with van der Waals surface area (Å²) in [6.45, 7) is 6.24. The molecule has 1 aromatic carbocycles. The fourth-order valence-corrected chi connectivity index (χ4v) is 3.41. The molecule has 1 aromatic heterocycles. The highest BCUT2D eigenvalue weighted by Crippen LogP contribution is 2.22. The van der Waals surface area contributed by atoms with Crippen molar-refractivity contribution < 1.29 is 4.92 Å². The lowest BCUT2D eigenvalue weighted by Crippen LogP contribution is -2.34. The van der Waals surface area contributed by atoms with Crippen molar-refractivity contribution in [2.24, 2.45) is 5.92 Å². The lowest BCUT2D eigenvalue weighted by Gasteiger charge is -2.32. The standard InChI is InChI=1S/C18H24N4O2/c1-2-18-19-9-12-21(18)14-16-7-10-20(11-8-16)13-15-3-5-17(6-4-15)22(23)24/h3-6,9,12,16H,2,7-8,10-11,13-14H2,1H3. The number of aryl methyl sites for hydroxylation is 1. The smallest absolute Gasteiger partial charge is 0.269 e. The highest BCUT2D eigenvalue weighted by Gasteiger charge is 2.20. The molecule has 6 nitrogen and oxygen atoms in total. The molecule has 1 aliphatic heterocycles. The highest BCUT2D eigenvalue weighted by atomic mass is 16.6. The van der Waals surface area contributed by atoms with Crippen LogP contribution in [-0.2, 0) is 19.5 Å². The maximum atomic E-state index is 10.7. The van der Waals surface area contributed by atoms with Crippen molar-refractivity contribution in [1.29, 1.82) is 0 Å². The van der Waals surface area contributed by atoms with E-state index in [4.69, 9.17) is 0 Å². The van der Waals surface area contributed by atoms with Crippen molar-refractivity contribution in [2.75, 3.05) is 13.1 Å². The van der Waals surface area contributed by atoms with E-state index in [0.29, 0.717) is 5.92 Å². The minimum atomic E-state index is -0.351. The van der Waals surface area contributed by atoms with Crippen LogP contribution in [0, 0.1) is 16.0 Å². The van der Waals surface area contributed by atoms with Crippen LogP contribution in [0.4, 0.5) is 5.69 Å². The molecule has 128 valence electrons. The molecular formula is C18H24N4O2. The lowest BCUT2D eigenvalue weighted by atomic mass is 9.96. The van der Waals surface area contributed by atoms with Crippen LogP contribution in [0.25, 0.3) is 0 Å². The average Bonchev–Trinajstić information content (AvgIpc) is 3.04. The topological polar surface area (TPSA) is 64.2 Å². The lowest BCUT2D eigenvalue weighted by molar-refractivity contribution is -0.384. The third-order valence-corrected chi connectivity index (χ3v) is 4.83.